The van der Waals surface area contributed by atoms with Gasteiger partial charge in [-0.05, 0) is 19.3 Å². The third-order valence-corrected chi connectivity index (χ3v) is 4.72. The summed E-state index contributed by atoms with van der Waals surface area (Å²) in [4.78, 5) is 27.7. The molecule has 2 rings (SSSR count). The molecule has 108 valence electrons. The Kier molecular flexibility index (Phi) is 3.60. The van der Waals surface area contributed by atoms with Gasteiger partial charge in [-0.25, -0.2) is 0 Å². The second-order valence-corrected chi connectivity index (χ2v) is 6.57. The van der Waals surface area contributed by atoms with Gasteiger partial charge < -0.3 is 10.0 Å². The van der Waals surface area contributed by atoms with Gasteiger partial charge in [-0.2, -0.15) is 0 Å². The van der Waals surface area contributed by atoms with Crippen LogP contribution >= 0.6 is 0 Å². The predicted molar refractivity (Wildman–Crippen MR) is 71.7 cm³/mol. The summed E-state index contributed by atoms with van der Waals surface area (Å²) in [6, 6.07) is 0.501. The Balaban J connectivity index is 1.94. The molecule has 1 saturated heterocycles. The van der Waals surface area contributed by atoms with Crippen molar-refractivity contribution in [2.24, 2.45) is 17.3 Å². The lowest BCUT2D eigenvalue weighted by atomic mass is 10.1. The molecule has 2 atom stereocenters. The summed E-state index contributed by atoms with van der Waals surface area (Å²) in [7, 11) is 0. The Labute approximate surface area is 114 Å². The van der Waals surface area contributed by atoms with Crippen molar-refractivity contribution in [2.75, 3.05) is 26.2 Å². The van der Waals surface area contributed by atoms with Crippen LogP contribution in [0.4, 0.5) is 0 Å². The second kappa shape index (κ2) is 4.78. The molecule has 1 aliphatic carbocycles. The summed E-state index contributed by atoms with van der Waals surface area (Å²) in [5, 5.41) is 9.14. The van der Waals surface area contributed by atoms with Gasteiger partial charge in [0, 0.05) is 32.2 Å². The number of rotatable bonds is 3. The van der Waals surface area contributed by atoms with Gasteiger partial charge >= 0.3 is 5.97 Å². The van der Waals surface area contributed by atoms with Crippen molar-refractivity contribution in [2.45, 2.75) is 33.7 Å². The van der Waals surface area contributed by atoms with E-state index < -0.39 is 17.3 Å². The van der Waals surface area contributed by atoms with E-state index in [0.717, 1.165) is 26.2 Å². The lowest BCUT2D eigenvalue weighted by molar-refractivity contribution is -0.142. The number of amides is 1. The SMILES string of the molecule is CC(C)N1CCN(C(=O)[C@H]2[C@@H](C(=O)O)C2(C)C)CC1. The predicted octanol–water partition coefficient (Wildman–Crippen LogP) is 0.896. The summed E-state index contributed by atoms with van der Waals surface area (Å²) in [5.41, 5.74) is -0.391. The highest BCUT2D eigenvalue weighted by Gasteiger charge is 2.66. The maximum atomic E-state index is 12.4. The molecule has 19 heavy (non-hydrogen) atoms. The number of carboxylic acids is 1. The fraction of sp³-hybridized carbons (Fsp3) is 0.857. The van der Waals surface area contributed by atoms with Crippen LogP contribution in [0, 0.1) is 17.3 Å². The number of carboxylic acid groups (broad SMARTS) is 1. The molecule has 0 spiro atoms. The average molecular weight is 268 g/mol. The molecule has 1 amide bonds. The standard InChI is InChI=1S/C14H24N2O3/c1-9(2)15-5-7-16(8-6-15)12(17)10-11(13(18)19)14(10,3)4/h9-11H,5-8H2,1-4H3,(H,18,19)/t10-,11+/m1/s1. The Morgan fingerprint density at radius 1 is 1.11 bits per heavy atom. The van der Waals surface area contributed by atoms with Crippen LogP contribution in [0.15, 0.2) is 0 Å². The highest BCUT2D eigenvalue weighted by Crippen LogP contribution is 2.59. The zero-order valence-corrected chi connectivity index (χ0v) is 12.2. The van der Waals surface area contributed by atoms with Gasteiger partial charge in [0.25, 0.3) is 0 Å². The first-order chi connectivity index (χ1) is 8.76. The molecule has 0 aromatic rings. The highest BCUT2D eigenvalue weighted by molar-refractivity contribution is 5.91. The van der Waals surface area contributed by atoms with Gasteiger partial charge in [0.1, 0.15) is 0 Å². The van der Waals surface area contributed by atoms with Gasteiger partial charge in [0.05, 0.1) is 11.8 Å². The molecule has 2 fully saturated rings. The van der Waals surface area contributed by atoms with Crippen molar-refractivity contribution in [3.05, 3.63) is 0 Å². The van der Waals surface area contributed by atoms with E-state index in [1.807, 2.05) is 18.7 Å². The quantitative estimate of drug-likeness (QED) is 0.826. The molecular formula is C14H24N2O3. The van der Waals surface area contributed by atoms with E-state index in [2.05, 4.69) is 18.7 Å². The van der Waals surface area contributed by atoms with Crippen molar-refractivity contribution in [3.8, 4) is 0 Å². The summed E-state index contributed by atoms with van der Waals surface area (Å²) in [6.45, 7) is 11.3. The molecule has 5 heteroatoms. The Morgan fingerprint density at radius 3 is 2.00 bits per heavy atom. The van der Waals surface area contributed by atoms with Crippen LogP contribution in [0.1, 0.15) is 27.7 Å². The third kappa shape index (κ3) is 2.48. The highest BCUT2D eigenvalue weighted by atomic mass is 16.4. The van der Waals surface area contributed by atoms with Crippen molar-refractivity contribution < 1.29 is 14.7 Å². The first kappa shape index (κ1) is 14.3. The maximum absolute atomic E-state index is 12.4. The fourth-order valence-electron chi connectivity index (χ4n) is 3.21. The summed E-state index contributed by atoms with van der Waals surface area (Å²) >= 11 is 0. The van der Waals surface area contributed by atoms with Crippen molar-refractivity contribution in [1.82, 2.24) is 9.80 Å². The van der Waals surface area contributed by atoms with Crippen LogP contribution in [0.3, 0.4) is 0 Å². The summed E-state index contributed by atoms with van der Waals surface area (Å²) < 4.78 is 0. The van der Waals surface area contributed by atoms with E-state index in [1.165, 1.54) is 0 Å². The number of aliphatic carboxylic acids is 1. The molecule has 1 N–H and O–H groups in total. The lowest BCUT2D eigenvalue weighted by Gasteiger charge is -2.37. The minimum absolute atomic E-state index is 0.0285. The topological polar surface area (TPSA) is 60.9 Å². The van der Waals surface area contributed by atoms with E-state index in [4.69, 9.17) is 5.11 Å². The van der Waals surface area contributed by atoms with E-state index in [0.29, 0.717) is 6.04 Å². The van der Waals surface area contributed by atoms with Gasteiger partial charge in [-0.1, -0.05) is 13.8 Å². The van der Waals surface area contributed by atoms with E-state index in [9.17, 15) is 9.59 Å². The number of carbonyl (C=O) groups excluding carboxylic acids is 1. The molecule has 0 radical (unpaired) electrons. The normalized spacial score (nSPS) is 30.5. The Hall–Kier alpha value is -1.10. The molecule has 2 aliphatic rings. The van der Waals surface area contributed by atoms with Crippen LogP contribution < -0.4 is 0 Å². The van der Waals surface area contributed by atoms with E-state index >= 15 is 0 Å². The first-order valence-corrected chi connectivity index (χ1v) is 7.02. The molecule has 1 aliphatic heterocycles. The molecular weight excluding hydrogens is 244 g/mol. The minimum Gasteiger partial charge on any atom is -0.481 e. The summed E-state index contributed by atoms with van der Waals surface area (Å²) in [6.07, 6.45) is 0. The zero-order chi connectivity index (χ0) is 14.4. The van der Waals surface area contributed by atoms with Crippen LogP contribution in [-0.4, -0.2) is 59.0 Å². The third-order valence-electron chi connectivity index (χ3n) is 4.72. The fourth-order valence-corrected chi connectivity index (χ4v) is 3.21. The van der Waals surface area contributed by atoms with E-state index in [-0.39, 0.29) is 11.8 Å². The Bertz CT molecular complexity index is 384. The number of nitrogens with zero attached hydrogens (tertiary/aromatic N) is 2. The number of hydrogen-bond acceptors (Lipinski definition) is 3. The number of piperazine rings is 1. The van der Waals surface area contributed by atoms with Gasteiger partial charge in [-0.15, -0.1) is 0 Å². The Morgan fingerprint density at radius 2 is 1.63 bits per heavy atom. The number of hydrogen-bond donors (Lipinski definition) is 1. The smallest absolute Gasteiger partial charge is 0.307 e. The van der Waals surface area contributed by atoms with Crippen LogP contribution in [0.25, 0.3) is 0 Å². The molecule has 0 aromatic heterocycles. The molecule has 0 unspecified atom stereocenters. The van der Waals surface area contributed by atoms with Crippen molar-refractivity contribution >= 4 is 11.9 Å². The van der Waals surface area contributed by atoms with Gasteiger partial charge in [0.2, 0.25) is 5.91 Å². The van der Waals surface area contributed by atoms with Gasteiger partial charge in [-0.3, -0.25) is 14.5 Å². The second-order valence-electron chi connectivity index (χ2n) is 6.57. The largest absolute Gasteiger partial charge is 0.481 e. The zero-order valence-electron chi connectivity index (χ0n) is 12.2. The molecule has 1 saturated carbocycles. The monoisotopic (exact) mass is 268 g/mol. The molecule has 0 aromatic carbocycles. The van der Waals surface area contributed by atoms with Crippen LogP contribution in [0.5, 0.6) is 0 Å². The van der Waals surface area contributed by atoms with E-state index in [1.54, 1.807) is 0 Å². The lowest BCUT2D eigenvalue weighted by Crippen LogP contribution is -2.51. The van der Waals surface area contributed by atoms with Crippen molar-refractivity contribution in [3.63, 3.8) is 0 Å². The van der Waals surface area contributed by atoms with Gasteiger partial charge in [0.15, 0.2) is 0 Å². The number of carbonyl (C=O) groups is 2. The first-order valence-electron chi connectivity index (χ1n) is 7.02. The van der Waals surface area contributed by atoms with Crippen LogP contribution in [-0.2, 0) is 9.59 Å². The maximum Gasteiger partial charge on any atom is 0.307 e. The average Bonchev–Trinajstić information content (AvgIpc) is 2.91. The minimum atomic E-state index is -0.843. The molecule has 5 nitrogen and oxygen atoms in total. The van der Waals surface area contributed by atoms with Crippen molar-refractivity contribution in [1.29, 1.82) is 0 Å². The molecule has 1 heterocycles. The summed E-state index contributed by atoms with van der Waals surface area (Å²) in [5.74, 6) is -1.66. The van der Waals surface area contributed by atoms with Crippen LogP contribution in [0.2, 0.25) is 0 Å². The molecule has 0 bridgehead atoms.